The lowest BCUT2D eigenvalue weighted by Gasteiger charge is -2.18. The molecule has 1 aromatic heterocycles. The van der Waals surface area contributed by atoms with Crippen LogP contribution in [0.1, 0.15) is 26.3 Å². The summed E-state index contributed by atoms with van der Waals surface area (Å²) in [4.78, 5) is 3.84. The summed E-state index contributed by atoms with van der Waals surface area (Å²) in [5.41, 5.74) is 2.72. The fraction of sp³-hybridized carbons (Fsp3) is 0.357. The smallest absolute Gasteiger partial charge is 0.223 e. The molecule has 20 heavy (non-hydrogen) atoms. The number of sulfone groups is 1. The molecule has 0 unspecified atom stereocenters. The standard InChI is InChI=1S/C14H17N3O2S/c1-14(2,3)11-7-5-10(6-8-11)12-9-15-13(17-16-12)20(4,18)19/h5-9H,1-4H3. The summed E-state index contributed by atoms with van der Waals surface area (Å²) in [7, 11) is -3.41. The van der Waals surface area contributed by atoms with Crippen LogP contribution in [-0.2, 0) is 15.3 Å². The van der Waals surface area contributed by atoms with E-state index in [0.717, 1.165) is 11.8 Å². The lowest BCUT2D eigenvalue weighted by atomic mass is 9.86. The van der Waals surface area contributed by atoms with E-state index in [4.69, 9.17) is 0 Å². The molecular formula is C14H17N3O2S. The molecule has 0 aliphatic rings. The lowest BCUT2D eigenvalue weighted by Crippen LogP contribution is -2.10. The summed E-state index contributed by atoms with van der Waals surface area (Å²) in [6, 6.07) is 7.93. The monoisotopic (exact) mass is 291 g/mol. The molecule has 0 atom stereocenters. The van der Waals surface area contributed by atoms with Crippen molar-refractivity contribution in [3.8, 4) is 11.3 Å². The van der Waals surface area contributed by atoms with Gasteiger partial charge in [0.05, 0.1) is 6.20 Å². The second kappa shape index (κ2) is 4.94. The molecule has 0 saturated carbocycles. The number of hydrogen-bond donors (Lipinski definition) is 0. The number of hydrogen-bond acceptors (Lipinski definition) is 5. The second-order valence-electron chi connectivity index (χ2n) is 5.73. The van der Waals surface area contributed by atoms with Crippen molar-refractivity contribution in [3.63, 3.8) is 0 Å². The van der Waals surface area contributed by atoms with Gasteiger partial charge in [-0.15, -0.1) is 10.2 Å². The van der Waals surface area contributed by atoms with Crippen molar-refractivity contribution >= 4 is 9.84 Å². The van der Waals surface area contributed by atoms with Crippen LogP contribution in [0.4, 0.5) is 0 Å². The van der Waals surface area contributed by atoms with E-state index in [-0.39, 0.29) is 10.6 Å². The van der Waals surface area contributed by atoms with Gasteiger partial charge in [0, 0.05) is 11.8 Å². The van der Waals surface area contributed by atoms with E-state index in [2.05, 4.69) is 36.0 Å². The first-order valence-electron chi connectivity index (χ1n) is 6.18. The highest BCUT2D eigenvalue weighted by molar-refractivity contribution is 7.90. The summed E-state index contributed by atoms with van der Waals surface area (Å²) in [6.07, 6.45) is 2.48. The van der Waals surface area contributed by atoms with Gasteiger partial charge in [0.25, 0.3) is 5.16 Å². The van der Waals surface area contributed by atoms with Gasteiger partial charge in [0.1, 0.15) is 5.69 Å². The van der Waals surface area contributed by atoms with Crippen molar-refractivity contribution in [2.75, 3.05) is 6.26 Å². The molecule has 0 aliphatic heterocycles. The molecule has 1 heterocycles. The predicted octanol–water partition coefficient (Wildman–Crippen LogP) is 2.24. The van der Waals surface area contributed by atoms with Crippen LogP contribution in [0.3, 0.4) is 0 Å². The van der Waals surface area contributed by atoms with Crippen molar-refractivity contribution in [2.45, 2.75) is 31.3 Å². The highest BCUT2D eigenvalue weighted by atomic mass is 32.2. The van der Waals surface area contributed by atoms with Crippen LogP contribution < -0.4 is 0 Å². The number of rotatable bonds is 2. The Hall–Kier alpha value is -1.82. The van der Waals surface area contributed by atoms with Crippen molar-refractivity contribution in [1.29, 1.82) is 0 Å². The average Bonchev–Trinajstić information content (AvgIpc) is 2.37. The van der Waals surface area contributed by atoms with Crippen molar-refractivity contribution in [1.82, 2.24) is 15.2 Å². The molecule has 0 radical (unpaired) electrons. The Labute approximate surface area is 119 Å². The average molecular weight is 291 g/mol. The van der Waals surface area contributed by atoms with Gasteiger partial charge < -0.3 is 0 Å². The normalized spacial score (nSPS) is 12.4. The molecule has 0 aliphatic carbocycles. The fourth-order valence-electron chi connectivity index (χ4n) is 1.71. The van der Waals surface area contributed by atoms with Crippen LogP contribution in [0, 0.1) is 0 Å². The Bertz CT molecular complexity index is 700. The minimum Gasteiger partial charge on any atom is -0.223 e. The second-order valence-corrected chi connectivity index (χ2v) is 7.64. The zero-order valence-corrected chi connectivity index (χ0v) is 12.8. The fourth-order valence-corrected chi connectivity index (χ4v) is 2.14. The molecule has 0 N–H and O–H groups in total. The molecule has 0 amide bonds. The third kappa shape index (κ3) is 3.19. The quantitative estimate of drug-likeness (QED) is 0.848. The summed E-state index contributed by atoms with van der Waals surface area (Å²) >= 11 is 0. The summed E-state index contributed by atoms with van der Waals surface area (Å²) in [5.74, 6) is 0. The van der Waals surface area contributed by atoms with E-state index in [1.54, 1.807) is 0 Å². The van der Waals surface area contributed by atoms with Crippen LogP contribution >= 0.6 is 0 Å². The predicted molar refractivity (Wildman–Crippen MR) is 77.1 cm³/mol. The van der Waals surface area contributed by atoms with Gasteiger partial charge in [-0.1, -0.05) is 45.0 Å². The summed E-state index contributed by atoms with van der Waals surface area (Å²) < 4.78 is 22.5. The molecule has 106 valence electrons. The van der Waals surface area contributed by atoms with Crippen LogP contribution in [0.2, 0.25) is 0 Å². The Morgan fingerprint density at radius 1 is 1.00 bits per heavy atom. The first-order chi connectivity index (χ1) is 9.18. The Kier molecular flexibility index (Phi) is 3.60. The highest BCUT2D eigenvalue weighted by Crippen LogP contribution is 2.24. The molecular weight excluding hydrogens is 274 g/mol. The van der Waals surface area contributed by atoms with Gasteiger partial charge >= 0.3 is 0 Å². The van der Waals surface area contributed by atoms with Crippen molar-refractivity contribution in [2.24, 2.45) is 0 Å². The minimum absolute atomic E-state index is 0.0859. The number of nitrogens with zero attached hydrogens (tertiary/aromatic N) is 3. The van der Waals surface area contributed by atoms with Gasteiger partial charge in [-0.25, -0.2) is 13.4 Å². The topological polar surface area (TPSA) is 72.8 Å². The van der Waals surface area contributed by atoms with E-state index in [0.29, 0.717) is 5.69 Å². The van der Waals surface area contributed by atoms with Crippen LogP contribution in [-0.4, -0.2) is 29.9 Å². The van der Waals surface area contributed by atoms with Crippen molar-refractivity contribution < 1.29 is 8.42 Å². The third-order valence-corrected chi connectivity index (χ3v) is 3.77. The van der Waals surface area contributed by atoms with E-state index in [1.165, 1.54) is 11.8 Å². The van der Waals surface area contributed by atoms with Gasteiger partial charge in [0.2, 0.25) is 9.84 Å². The first-order valence-corrected chi connectivity index (χ1v) is 8.08. The molecule has 2 aromatic rings. The molecule has 2 rings (SSSR count). The maximum absolute atomic E-state index is 11.3. The van der Waals surface area contributed by atoms with Crippen molar-refractivity contribution in [3.05, 3.63) is 36.0 Å². The Balaban J connectivity index is 2.33. The first kappa shape index (κ1) is 14.6. The van der Waals surface area contributed by atoms with Gasteiger partial charge in [0.15, 0.2) is 0 Å². The summed E-state index contributed by atoms with van der Waals surface area (Å²) in [5, 5.41) is 7.31. The van der Waals surface area contributed by atoms with Crippen LogP contribution in [0.5, 0.6) is 0 Å². The maximum atomic E-state index is 11.3. The largest absolute Gasteiger partial charge is 0.267 e. The molecule has 0 bridgehead atoms. The minimum atomic E-state index is -3.41. The molecule has 0 fully saturated rings. The summed E-state index contributed by atoms with van der Waals surface area (Å²) in [6.45, 7) is 6.43. The molecule has 0 spiro atoms. The molecule has 5 nitrogen and oxygen atoms in total. The third-order valence-electron chi connectivity index (χ3n) is 2.92. The van der Waals surface area contributed by atoms with E-state index < -0.39 is 9.84 Å². The van der Waals surface area contributed by atoms with Gasteiger partial charge in [-0.3, -0.25) is 0 Å². The lowest BCUT2D eigenvalue weighted by molar-refractivity contribution is 0.588. The molecule has 6 heteroatoms. The SMILES string of the molecule is CC(C)(C)c1ccc(-c2cnc(S(C)(=O)=O)nn2)cc1. The van der Waals surface area contributed by atoms with E-state index >= 15 is 0 Å². The zero-order chi connectivity index (χ0) is 15.0. The molecule has 1 aromatic carbocycles. The Morgan fingerprint density at radius 3 is 2.00 bits per heavy atom. The highest BCUT2D eigenvalue weighted by Gasteiger charge is 2.14. The van der Waals surface area contributed by atoms with Gasteiger partial charge in [-0.2, -0.15) is 0 Å². The zero-order valence-electron chi connectivity index (χ0n) is 12.0. The van der Waals surface area contributed by atoms with E-state index in [9.17, 15) is 8.42 Å². The maximum Gasteiger partial charge on any atom is 0.267 e. The van der Waals surface area contributed by atoms with Gasteiger partial charge in [-0.05, 0) is 11.0 Å². The van der Waals surface area contributed by atoms with Crippen LogP contribution in [0.15, 0.2) is 35.6 Å². The number of benzene rings is 1. The van der Waals surface area contributed by atoms with E-state index in [1.807, 2.05) is 24.3 Å². The number of aromatic nitrogens is 3. The molecule has 0 saturated heterocycles. The Morgan fingerprint density at radius 2 is 1.60 bits per heavy atom. The van der Waals surface area contributed by atoms with Crippen LogP contribution in [0.25, 0.3) is 11.3 Å².